The number of carbonyl (C=O) groups is 1. The molecule has 1 heterocycles. The van der Waals surface area contributed by atoms with Crippen molar-refractivity contribution >= 4 is 23.2 Å². The van der Waals surface area contributed by atoms with Gasteiger partial charge < -0.3 is 15.4 Å². The van der Waals surface area contributed by atoms with Crippen LogP contribution in [-0.4, -0.2) is 30.6 Å². The fourth-order valence-corrected chi connectivity index (χ4v) is 2.53. The van der Waals surface area contributed by atoms with E-state index in [1.807, 2.05) is 6.92 Å². The number of nitrogens with zero attached hydrogens (tertiary/aromatic N) is 1. The van der Waals surface area contributed by atoms with Gasteiger partial charge in [0.05, 0.1) is 18.6 Å². The van der Waals surface area contributed by atoms with Crippen molar-refractivity contribution in [1.82, 2.24) is 4.90 Å². The molecule has 104 valence electrons. The van der Waals surface area contributed by atoms with Gasteiger partial charge in [-0.15, -0.1) is 0 Å². The van der Waals surface area contributed by atoms with Gasteiger partial charge in [-0.05, 0) is 37.1 Å². The van der Waals surface area contributed by atoms with Crippen molar-refractivity contribution in [2.75, 3.05) is 19.4 Å². The van der Waals surface area contributed by atoms with Crippen LogP contribution in [0.4, 0.5) is 5.69 Å². The van der Waals surface area contributed by atoms with Crippen molar-refractivity contribution in [2.24, 2.45) is 5.92 Å². The summed E-state index contributed by atoms with van der Waals surface area (Å²) in [4.78, 5) is 14.0. The number of amides is 1. The first-order valence-electron chi connectivity index (χ1n) is 6.38. The van der Waals surface area contributed by atoms with Crippen LogP contribution in [0.1, 0.15) is 18.9 Å². The smallest absolute Gasteiger partial charge is 0.228 e. The quantitative estimate of drug-likeness (QED) is 0.866. The molecule has 4 nitrogen and oxygen atoms in total. The molecule has 0 bridgehead atoms. The molecule has 2 unspecified atom stereocenters. The number of halogens is 1. The zero-order valence-corrected chi connectivity index (χ0v) is 12.0. The highest BCUT2D eigenvalue weighted by atomic mass is 35.5. The van der Waals surface area contributed by atoms with Crippen molar-refractivity contribution in [3.05, 3.63) is 28.8 Å². The lowest BCUT2D eigenvalue weighted by Crippen LogP contribution is -2.33. The van der Waals surface area contributed by atoms with E-state index in [0.717, 1.165) is 12.0 Å². The van der Waals surface area contributed by atoms with E-state index in [0.29, 0.717) is 23.9 Å². The molecule has 19 heavy (non-hydrogen) atoms. The summed E-state index contributed by atoms with van der Waals surface area (Å²) in [7, 11) is 1.78. The van der Waals surface area contributed by atoms with Crippen molar-refractivity contribution in [3.63, 3.8) is 0 Å². The standard InChI is InChI=1S/C14H19ClN2O2/c1-9-5-11(8-19-9)14(18)17(2)7-10-6-12(16)3-4-13(10)15/h3-4,6,9,11H,5,7-8,16H2,1-2H3. The van der Waals surface area contributed by atoms with E-state index >= 15 is 0 Å². The summed E-state index contributed by atoms with van der Waals surface area (Å²) in [6.45, 7) is 2.96. The minimum absolute atomic E-state index is 0.0418. The average molecular weight is 283 g/mol. The zero-order valence-electron chi connectivity index (χ0n) is 11.2. The van der Waals surface area contributed by atoms with Gasteiger partial charge in [-0.25, -0.2) is 0 Å². The molecule has 5 heteroatoms. The normalized spacial score (nSPS) is 22.5. The molecular weight excluding hydrogens is 264 g/mol. The third kappa shape index (κ3) is 3.39. The fraction of sp³-hybridized carbons (Fsp3) is 0.500. The molecule has 1 fully saturated rings. The number of ether oxygens (including phenoxy) is 1. The van der Waals surface area contributed by atoms with Gasteiger partial charge in [-0.2, -0.15) is 0 Å². The summed E-state index contributed by atoms with van der Waals surface area (Å²) >= 11 is 6.11. The van der Waals surface area contributed by atoms with E-state index in [1.165, 1.54) is 0 Å². The van der Waals surface area contributed by atoms with Gasteiger partial charge in [0.1, 0.15) is 0 Å². The average Bonchev–Trinajstić information content (AvgIpc) is 2.79. The van der Waals surface area contributed by atoms with Crippen LogP contribution in [0.5, 0.6) is 0 Å². The SMILES string of the molecule is CC1CC(C(=O)N(C)Cc2cc(N)ccc2Cl)CO1. The maximum Gasteiger partial charge on any atom is 0.228 e. The van der Waals surface area contributed by atoms with Crippen molar-refractivity contribution < 1.29 is 9.53 Å². The molecule has 0 saturated carbocycles. The van der Waals surface area contributed by atoms with E-state index < -0.39 is 0 Å². The highest BCUT2D eigenvalue weighted by Gasteiger charge is 2.30. The first-order valence-corrected chi connectivity index (χ1v) is 6.75. The van der Waals surface area contributed by atoms with E-state index in [1.54, 1.807) is 30.1 Å². The molecule has 2 rings (SSSR count). The second kappa shape index (κ2) is 5.80. The van der Waals surface area contributed by atoms with Gasteiger partial charge in [0.25, 0.3) is 0 Å². The number of carbonyl (C=O) groups excluding carboxylic acids is 1. The molecule has 1 amide bonds. The molecule has 2 atom stereocenters. The lowest BCUT2D eigenvalue weighted by molar-refractivity contribution is -0.134. The van der Waals surface area contributed by atoms with E-state index in [9.17, 15) is 4.79 Å². The van der Waals surface area contributed by atoms with Gasteiger partial charge in [0.2, 0.25) is 5.91 Å². The Balaban J connectivity index is 2.02. The van der Waals surface area contributed by atoms with Crippen molar-refractivity contribution in [3.8, 4) is 0 Å². The number of nitrogens with two attached hydrogens (primary N) is 1. The van der Waals surface area contributed by atoms with Crippen molar-refractivity contribution in [1.29, 1.82) is 0 Å². The number of benzene rings is 1. The van der Waals surface area contributed by atoms with E-state index in [-0.39, 0.29) is 17.9 Å². The van der Waals surface area contributed by atoms with Crippen LogP contribution in [0.2, 0.25) is 5.02 Å². The largest absolute Gasteiger partial charge is 0.399 e. The third-order valence-electron chi connectivity index (χ3n) is 3.40. The van der Waals surface area contributed by atoms with Gasteiger partial charge in [0.15, 0.2) is 0 Å². The predicted octanol–water partition coefficient (Wildman–Crippen LogP) is 2.31. The Kier molecular flexibility index (Phi) is 4.32. The maximum absolute atomic E-state index is 12.3. The summed E-state index contributed by atoms with van der Waals surface area (Å²) in [5, 5.41) is 0.630. The number of rotatable bonds is 3. The Labute approximate surface area is 118 Å². The van der Waals surface area contributed by atoms with Crippen LogP contribution in [0.15, 0.2) is 18.2 Å². The predicted molar refractivity (Wildman–Crippen MR) is 75.9 cm³/mol. The Hall–Kier alpha value is -1.26. The summed E-state index contributed by atoms with van der Waals surface area (Å²) in [6.07, 6.45) is 0.951. The van der Waals surface area contributed by atoms with Crippen LogP contribution in [-0.2, 0) is 16.1 Å². The van der Waals surface area contributed by atoms with Gasteiger partial charge in [-0.3, -0.25) is 4.79 Å². The summed E-state index contributed by atoms with van der Waals surface area (Å²) in [5.41, 5.74) is 7.25. The molecule has 0 radical (unpaired) electrons. The number of hydrogen-bond acceptors (Lipinski definition) is 3. The Morgan fingerprint density at radius 1 is 1.58 bits per heavy atom. The van der Waals surface area contributed by atoms with E-state index in [2.05, 4.69) is 0 Å². The van der Waals surface area contributed by atoms with Crippen molar-refractivity contribution in [2.45, 2.75) is 26.0 Å². The van der Waals surface area contributed by atoms with Crippen LogP contribution in [0.3, 0.4) is 0 Å². The number of nitrogen functional groups attached to an aromatic ring is 1. The van der Waals surface area contributed by atoms with Crippen LogP contribution >= 0.6 is 11.6 Å². The topological polar surface area (TPSA) is 55.6 Å². The number of anilines is 1. The summed E-state index contributed by atoms with van der Waals surface area (Å²) in [5.74, 6) is 0.0580. The van der Waals surface area contributed by atoms with Crippen LogP contribution in [0, 0.1) is 5.92 Å². The molecular formula is C14H19ClN2O2. The lowest BCUT2D eigenvalue weighted by atomic mass is 10.0. The maximum atomic E-state index is 12.3. The fourth-order valence-electron chi connectivity index (χ4n) is 2.35. The first-order chi connectivity index (χ1) is 8.97. The Morgan fingerprint density at radius 3 is 2.95 bits per heavy atom. The Morgan fingerprint density at radius 2 is 2.32 bits per heavy atom. The summed E-state index contributed by atoms with van der Waals surface area (Å²) in [6, 6.07) is 5.31. The second-order valence-electron chi connectivity index (χ2n) is 5.12. The minimum atomic E-state index is -0.0418. The highest BCUT2D eigenvalue weighted by molar-refractivity contribution is 6.31. The monoisotopic (exact) mass is 282 g/mol. The molecule has 0 aromatic heterocycles. The summed E-state index contributed by atoms with van der Waals surface area (Å²) < 4.78 is 5.44. The zero-order chi connectivity index (χ0) is 14.0. The van der Waals surface area contributed by atoms with E-state index in [4.69, 9.17) is 22.1 Å². The molecule has 0 spiro atoms. The molecule has 1 aliphatic rings. The molecule has 1 aliphatic heterocycles. The molecule has 1 saturated heterocycles. The first kappa shape index (κ1) is 14.2. The minimum Gasteiger partial charge on any atom is -0.399 e. The number of hydrogen-bond donors (Lipinski definition) is 1. The molecule has 1 aromatic rings. The third-order valence-corrected chi connectivity index (χ3v) is 3.77. The van der Waals surface area contributed by atoms with Gasteiger partial charge >= 0.3 is 0 Å². The van der Waals surface area contributed by atoms with Crippen LogP contribution < -0.4 is 5.73 Å². The molecule has 0 aliphatic carbocycles. The van der Waals surface area contributed by atoms with Gasteiger partial charge in [-0.1, -0.05) is 11.6 Å². The van der Waals surface area contributed by atoms with Crippen LogP contribution in [0.25, 0.3) is 0 Å². The van der Waals surface area contributed by atoms with Gasteiger partial charge in [0, 0.05) is 24.3 Å². The molecule has 1 aromatic carbocycles. The second-order valence-corrected chi connectivity index (χ2v) is 5.53. The highest BCUT2D eigenvalue weighted by Crippen LogP contribution is 2.24. The molecule has 2 N–H and O–H groups in total. The lowest BCUT2D eigenvalue weighted by Gasteiger charge is -2.21. The Bertz CT molecular complexity index is 479.